The Kier molecular flexibility index (Phi) is 13.6. The Morgan fingerprint density at radius 2 is 1.58 bits per heavy atom. The fraction of sp³-hybridized carbons (Fsp3) is 0.680. The number of nitrogens with zero attached hydrogens (tertiary/aromatic N) is 1. The number of amides is 2. The van der Waals surface area contributed by atoms with E-state index in [0.29, 0.717) is 6.54 Å². The first-order chi connectivity index (χ1) is 14.7. The van der Waals surface area contributed by atoms with Crippen LogP contribution < -0.4 is 0 Å². The van der Waals surface area contributed by atoms with Crippen molar-refractivity contribution in [2.24, 2.45) is 23.7 Å². The average Bonchev–Trinajstić information content (AvgIpc) is 3.33. The van der Waals surface area contributed by atoms with Crippen LogP contribution in [-0.4, -0.2) is 41.1 Å². The van der Waals surface area contributed by atoms with Crippen molar-refractivity contribution in [1.82, 2.24) is 4.90 Å². The van der Waals surface area contributed by atoms with Gasteiger partial charge in [-0.25, -0.2) is 0 Å². The van der Waals surface area contributed by atoms with Crippen LogP contribution in [0.4, 0.5) is 0 Å². The van der Waals surface area contributed by atoms with Crippen LogP contribution in [0.1, 0.15) is 74.1 Å². The molecule has 3 fully saturated rings. The quantitative estimate of drug-likeness (QED) is 0.354. The van der Waals surface area contributed by atoms with Crippen molar-refractivity contribution in [1.29, 1.82) is 0 Å². The van der Waals surface area contributed by atoms with Crippen molar-refractivity contribution in [3.63, 3.8) is 0 Å². The molecule has 6 nitrogen and oxygen atoms in total. The molecule has 0 aromatic rings. The summed E-state index contributed by atoms with van der Waals surface area (Å²) in [5.41, 5.74) is 0. The van der Waals surface area contributed by atoms with Crippen molar-refractivity contribution < 1.29 is 23.9 Å². The number of fused-ring (bicyclic) bond motifs is 5. The zero-order valence-corrected chi connectivity index (χ0v) is 20.3. The molecule has 3 aliphatic rings. The molecule has 0 N–H and O–H groups in total. The number of ketones is 1. The number of hydrogen-bond donors (Lipinski definition) is 0. The maximum atomic E-state index is 12.6. The average molecular weight is 436 g/mol. The minimum Gasteiger partial charge on any atom is -0.462 e. The second-order valence-corrected chi connectivity index (χ2v) is 7.96. The summed E-state index contributed by atoms with van der Waals surface area (Å²) in [5, 5.41) is 0. The number of ether oxygens (including phenoxy) is 1. The minimum absolute atomic E-state index is 0.0232. The highest BCUT2D eigenvalue weighted by Gasteiger charge is 2.64. The van der Waals surface area contributed by atoms with Gasteiger partial charge >= 0.3 is 5.97 Å². The summed E-state index contributed by atoms with van der Waals surface area (Å²) in [6, 6.07) is 0. The zero-order chi connectivity index (χ0) is 24.1. The second-order valence-electron chi connectivity index (χ2n) is 7.96. The molecule has 0 spiro atoms. The van der Waals surface area contributed by atoms with E-state index in [4.69, 9.17) is 4.74 Å². The molecule has 6 heteroatoms. The van der Waals surface area contributed by atoms with Crippen LogP contribution in [0.25, 0.3) is 0 Å². The Labute approximate surface area is 188 Å². The van der Waals surface area contributed by atoms with Crippen LogP contribution in [0.5, 0.6) is 0 Å². The summed E-state index contributed by atoms with van der Waals surface area (Å²) in [6.07, 6.45) is 9.07. The first kappa shape index (κ1) is 28.8. The van der Waals surface area contributed by atoms with Gasteiger partial charge in [0.25, 0.3) is 0 Å². The van der Waals surface area contributed by atoms with Crippen LogP contribution in [0.3, 0.4) is 0 Å². The molecule has 2 amide bonds. The Bertz CT molecular complexity index is 650. The predicted molar refractivity (Wildman–Crippen MR) is 123 cm³/mol. The Morgan fingerprint density at radius 1 is 1.06 bits per heavy atom. The molecule has 2 bridgehead atoms. The van der Waals surface area contributed by atoms with Gasteiger partial charge in [-0.2, -0.15) is 0 Å². The molecule has 2 saturated carbocycles. The predicted octanol–water partition coefficient (Wildman–Crippen LogP) is 4.73. The molecule has 5 atom stereocenters. The number of imide groups is 1. The van der Waals surface area contributed by atoms with Gasteiger partial charge in [-0.1, -0.05) is 45.4 Å². The number of Topliss-reactive ketones (excluding diaryl/α,β-unsaturated/α-hetero) is 1. The number of hydrogen-bond acceptors (Lipinski definition) is 5. The van der Waals surface area contributed by atoms with E-state index in [1.807, 2.05) is 32.9 Å². The first-order valence-electron chi connectivity index (χ1n) is 11.4. The van der Waals surface area contributed by atoms with Crippen LogP contribution in [0.2, 0.25) is 0 Å². The molecular weight excluding hydrogens is 394 g/mol. The maximum Gasteiger partial charge on any atom is 0.302 e. The summed E-state index contributed by atoms with van der Waals surface area (Å²) in [5.74, 6) is -0.449. The third-order valence-electron chi connectivity index (χ3n) is 5.27. The Morgan fingerprint density at radius 3 is 2.06 bits per heavy atom. The third-order valence-corrected chi connectivity index (χ3v) is 5.27. The highest BCUT2D eigenvalue weighted by atomic mass is 16.5. The first-order valence-corrected chi connectivity index (χ1v) is 11.4. The van der Waals surface area contributed by atoms with Gasteiger partial charge in [-0.3, -0.25) is 19.3 Å². The van der Waals surface area contributed by atoms with Crippen molar-refractivity contribution in [2.45, 2.75) is 80.3 Å². The molecule has 31 heavy (non-hydrogen) atoms. The SMILES string of the molecule is C=CC.CC.CC(C)=O.CCC/C=C\CN1C(=O)C2C3CC(OC(C)=O)C(C3)C2C1=O. The number of carbonyl (C=O) groups excluding carboxylic acids is 4. The summed E-state index contributed by atoms with van der Waals surface area (Å²) in [6.45, 7) is 16.2. The largest absolute Gasteiger partial charge is 0.462 e. The lowest BCUT2D eigenvalue weighted by Crippen LogP contribution is -2.36. The Balaban J connectivity index is 0.000000865. The molecular formula is C25H41NO5. The van der Waals surface area contributed by atoms with E-state index >= 15 is 0 Å². The summed E-state index contributed by atoms with van der Waals surface area (Å²) in [4.78, 5) is 47.2. The molecule has 176 valence electrons. The lowest BCUT2D eigenvalue weighted by atomic mass is 9.79. The molecule has 2 aliphatic carbocycles. The van der Waals surface area contributed by atoms with Gasteiger partial charge < -0.3 is 9.53 Å². The standard InChI is InChI=1S/C17H23NO4.C3H6O.C3H6.C2H6/c1-3-4-5-6-7-18-16(20)14-11-8-12(15(14)17(18)21)13(9-11)22-10(2)19;1-3(2)4;1-3-2;1-2/h5-6,11-15H,3-4,7-9H2,1-2H3;1-2H3;3H,1H2,2H3;1-2H3/b6-5-;;;. The monoisotopic (exact) mass is 435 g/mol. The van der Waals surface area contributed by atoms with E-state index in [0.717, 1.165) is 25.7 Å². The van der Waals surface area contributed by atoms with Crippen LogP contribution in [0.15, 0.2) is 24.8 Å². The number of allylic oxidation sites excluding steroid dienone is 2. The number of esters is 1. The molecule has 1 heterocycles. The summed E-state index contributed by atoms with van der Waals surface area (Å²) in [7, 11) is 0. The molecule has 1 aliphatic heterocycles. The van der Waals surface area contributed by atoms with Gasteiger partial charge in [0, 0.05) is 19.4 Å². The van der Waals surface area contributed by atoms with Crippen molar-refractivity contribution in [3.8, 4) is 0 Å². The van der Waals surface area contributed by atoms with Gasteiger partial charge in [0.15, 0.2) is 0 Å². The summed E-state index contributed by atoms with van der Waals surface area (Å²) < 4.78 is 5.35. The van der Waals surface area contributed by atoms with E-state index in [1.54, 1.807) is 6.08 Å². The normalized spacial score (nSPS) is 27.3. The van der Waals surface area contributed by atoms with Crippen LogP contribution in [0, 0.1) is 23.7 Å². The van der Waals surface area contributed by atoms with E-state index in [-0.39, 0.29) is 53.3 Å². The van der Waals surface area contributed by atoms with Crippen molar-refractivity contribution >= 4 is 23.6 Å². The zero-order valence-electron chi connectivity index (χ0n) is 20.3. The highest BCUT2D eigenvalue weighted by molar-refractivity contribution is 6.06. The van der Waals surface area contributed by atoms with Crippen molar-refractivity contribution in [2.75, 3.05) is 6.54 Å². The van der Waals surface area contributed by atoms with Gasteiger partial charge in [0.1, 0.15) is 11.9 Å². The fourth-order valence-electron chi connectivity index (χ4n) is 4.45. The van der Waals surface area contributed by atoms with Gasteiger partial charge in [-0.15, -0.1) is 6.58 Å². The summed E-state index contributed by atoms with van der Waals surface area (Å²) >= 11 is 0. The molecule has 0 aromatic heterocycles. The number of carbonyl (C=O) groups is 4. The van der Waals surface area contributed by atoms with Gasteiger partial charge in [0.2, 0.25) is 11.8 Å². The topological polar surface area (TPSA) is 80.8 Å². The number of rotatable bonds is 5. The molecule has 1 saturated heterocycles. The van der Waals surface area contributed by atoms with E-state index in [2.05, 4.69) is 13.5 Å². The molecule has 5 unspecified atom stereocenters. The second kappa shape index (κ2) is 14.7. The highest BCUT2D eigenvalue weighted by Crippen LogP contribution is 2.57. The van der Waals surface area contributed by atoms with Gasteiger partial charge in [0.05, 0.1) is 11.8 Å². The van der Waals surface area contributed by atoms with Crippen LogP contribution >= 0.6 is 0 Å². The van der Waals surface area contributed by atoms with Crippen LogP contribution in [-0.2, 0) is 23.9 Å². The maximum absolute atomic E-state index is 12.6. The van der Waals surface area contributed by atoms with E-state index in [1.165, 1.54) is 25.7 Å². The lowest BCUT2D eigenvalue weighted by Gasteiger charge is -2.27. The molecule has 3 rings (SSSR count). The fourth-order valence-corrected chi connectivity index (χ4v) is 4.45. The minimum atomic E-state index is -0.301. The van der Waals surface area contributed by atoms with E-state index in [9.17, 15) is 19.2 Å². The van der Waals surface area contributed by atoms with Gasteiger partial charge in [-0.05, 0) is 46.0 Å². The third kappa shape index (κ3) is 8.08. The Hall–Kier alpha value is -2.24. The number of likely N-dealkylation sites (tertiary alicyclic amines) is 1. The molecule has 0 aromatic carbocycles. The number of unbranched alkanes of at least 4 members (excludes halogenated alkanes) is 1. The smallest absolute Gasteiger partial charge is 0.302 e. The molecule has 0 radical (unpaired) electrons. The lowest BCUT2D eigenvalue weighted by molar-refractivity contribution is -0.152. The van der Waals surface area contributed by atoms with Crippen molar-refractivity contribution in [3.05, 3.63) is 24.8 Å². The van der Waals surface area contributed by atoms with E-state index < -0.39 is 0 Å².